The lowest BCUT2D eigenvalue weighted by Gasteiger charge is -2.40. The van der Waals surface area contributed by atoms with Crippen molar-refractivity contribution in [1.29, 1.82) is 0 Å². The van der Waals surface area contributed by atoms with Gasteiger partial charge in [0.05, 0.1) is 17.7 Å². The number of carbonyl (C=O) groups is 1. The molecule has 0 aromatic heterocycles. The van der Waals surface area contributed by atoms with Gasteiger partial charge in [-0.3, -0.25) is 9.69 Å². The zero-order valence-corrected chi connectivity index (χ0v) is 15.9. The molecule has 3 heterocycles. The number of rotatable bonds is 4. The minimum atomic E-state index is -0.689. The van der Waals surface area contributed by atoms with E-state index in [1.807, 2.05) is 4.90 Å². The second kappa shape index (κ2) is 8.33. The van der Waals surface area contributed by atoms with Crippen molar-refractivity contribution in [2.24, 2.45) is 11.7 Å². The van der Waals surface area contributed by atoms with Gasteiger partial charge in [-0.2, -0.15) is 0 Å². The zero-order chi connectivity index (χ0) is 17.9. The molecule has 0 aromatic rings. The van der Waals surface area contributed by atoms with Gasteiger partial charge in [-0.15, -0.1) is 0 Å². The Labute approximate surface area is 152 Å². The quantitative estimate of drug-likeness (QED) is 0.823. The van der Waals surface area contributed by atoms with Gasteiger partial charge >= 0.3 is 0 Å². The Hall–Kier alpha value is -0.690. The first-order chi connectivity index (χ1) is 12.0. The maximum absolute atomic E-state index is 12.8. The Morgan fingerprint density at radius 1 is 1.12 bits per heavy atom. The number of morpholine rings is 1. The van der Waals surface area contributed by atoms with Crippen molar-refractivity contribution in [3.8, 4) is 0 Å². The third-order valence-corrected chi connectivity index (χ3v) is 6.06. The minimum Gasteiger partial charge on any atom is -0.381 e. The van der Waals surface area contributed by atoms with E-state index >= 15 is 0 Å². The van der Waals surface area contributed by atoms with Crippen LogP contribution in [0.3, 0.4) is 0 Å². The number of amides is 1. The monoisotopic (exact) mass is 353 g/mol. The zero-order valence-electron chi connectivity index (χ0n) is 15.9. The summed E-state index contributed by atoms with van der Waals surface area (Å²) in [5, 5.41) is 0. The number of piperidine rings is 1. The van der Waals surface area contributed by atoms with Crippen molar-refractivity contribution in [2.75, 3.05) is 45.9 Å². The molecule has 0 aromatic carbocycles. The lowest BCUT2D eigenvalue weighted by Crippen LogP contribution is -2.59. The van der Waals surface area contributed by atoms with Crippen LogP contribution in [0.4, 0.5) is 0 Å². The Morgan fingerprint density at radius 3 is 2.32 bits per heavy atom. The molecule has 6 heteroatoms. The number of ether oxygens (including phenoxy) is 2. The van der Waals surface area contributed by atoms with Crippen LogP contribution in [-0.4, -0.2) is 79.4 Å². The Morgan fingerprint density at radius 2 is 1.72 bits per heavy atom. The van der Waals surface area contributed by atoms with Crippen molar-refractivity contribution in [3.05, 3.63) is 0 Å². The molecule has 3 fully saturated rings. The third kappa shape index (κ3) is 4.94. The predicted octanol–water partition coefficient (Wildman–Crippen LogP) is 1.23. The van der Waals surface area contributed by atoms with Gasteiger partial charge in [0.25, 0.3) is 0 Å². The molecule has 3 aliphatic rings. The molecule has 0 radical (unpaired) electrons. The molecule has 0 aliphatic carbocycles. The molecule has 3 rings (SSSR count). The topological polar surface area (TPSA) is 68.0 Å². The largest absolute Gasteiger partial charge is 0.381 e. The van der Waals surface area contributed by atoms with E-state index in [1.54, 1.807) is 0 Å². The van der Waals surface area contributed by atoms with Crippen LogP contribution in [-0.2, 0) is 14.3 Å². The number of hydrogen-bond acceptors (Lipinski definition) is 5. The van der Waals surface area contributed by atoms with E-state index in [9.17, 15) is 4.79 Å². The number of hydrogen-bond donors (Lipinski definition) is 1. The standard InChI is InChI=1S/C19H35N3O3/c1-15-13-21(14-16(2)25-15)8-3-17-4-9-22(10-5-17)18(23)19(20)6-11-24-12-7-19/h15-17H,3-14,20H2,1-2H3. The van der Waals surface area contributed by atoms with Gasteiger partial charge in [0.2, 0.25) is 5.91 Å². The van der Waals surface area contributed by atoms with Crippen molar-refractivity contribution in [3.63, 3.8) is 0 Å². The number of likely N-dealkylation sites (tertiary alicyclic amines) is 1. The third-order valence-electron chi connectivity index (χ3n) is 6.06. The molecule has 144 valence electrons. The van der Waals surface area contributed by atoms with Crippen LogP contribution in [0.1, 0.15) is 46.0 Å². The van der Waals surface area contributed by atoms with Crippen LogP contribution < -0.4 is 5.73 Å². The highest BCUT2D eigenvalue weighted by atomic mass is 16.5. The summed E-state index contributed by atoms with van der Waals surface area (Å²) in [6.45, 7) is 10.5. The highest BCUT2D eigenvalue weighted by Crippen LogP contribution is 2.26. The van der Waals surface area contributed by atoms with E-state index in [-0.39, 0.29) is 5.91 Å². The van der Waals surface area contributed by atoms with Crippen molar-refractivity contribution < 1.29 is 14.3 Å². The molecule has 2 N–H and O–H groups in total. The van der Waals surface area contributed by atoms with E-state index in [2.05, 4.69) is 18.7 Å². The van der Waals surface area contributed by atoms with Gasteiger partial charge in [-0.25, -0.2) is 0 Å². The highest BCUT2D eigenvalue weighted by molar-refractivity contribution is 5.86. The fourth-order valence-electron chi connectivity index (χ4n) is 4.52. The minimum absolute atomic E-state index is 0.144. The fourth-order valence-corrected chi connectivity index (χ4v) is 4.52. The first-order valence-corrected chi connectivity index (χ1v) is 10.00. The molecule has 0 spiro atoms. The lowest BCUT2D eigenvalue weighted by atomic mass is 9.87. The molecular formula is C19H35N3O3. The average molecular weight is 354 g/mol. The van der Waals surface area contributed by atoms with Crippen LogP contribution in [0.25, 0.3) is 0 Å². The predicted molar refractivity (Wildman–Crippen MR) is 97.3 cm³/mol. The summed E-state index contributed by atoms with van der Waals surface area (Å²) in [5.74, 6) is 0.867. The summed E-state index contributed by atoms with van der Waals surface area (Å²) >= 11 is 0. The molecule has 0 saturated carbocycles. The molecule has 2 unspecified atom stereocenters. The maximum Gasteiger partial charge on any atom is 0.242 e. The normalized spacial score (nSPS) is 31.9. The van der Waals surface area contributed by atoms with E-state index in [0.717, 1.165) is 51.5 Å². The second-order valence-electron chi connectivity index (χ2n) is 8.31. The first kappa shape index (κ1) is 19.1. The van der Waals surface area contributed by atoms with Gasteiger partial charge in [0.1, 0.15) is 0 Å². The van der Waals surface area contributed by atoms with Gasteiger partial charge in [-0.1, -0.05) is 0 Å². The number of carbonyl (C=O) groups excluding carboxylic acids is 1. The summed E-state index contributed by atoms with van der Waals surface area (Å²) < 4.78 is 11.2. The molecular weight excluding hydrogens is 318 g/mol. The van der Waals surface area contributed by atoms with Crippen LogP contribution in [0.5, 0.6) is 0 Å². The summed E-state index contributed by atoms with van der Waals surface area (Å²) in [7, 11) is 0. The molecule has 1 amide bonds. The fraction of sp³-hybridized carbons (Fsp3) is 0.947. The van der Waals surface area contributed by atoms with E-state index in [0.29, 0.717) is 38.3 Å². The van der Waals surface area contributed by atoms with Gasteiger partial charge in [0, 0.05) is 39.4 Å². The Balaban J connectivity index is 1.40. The van der Waals surface area contributed by atoms with Gasteiger partial charge < -0.3 is 20.1 Å². The smallest absolute Gasteiger partial charge is 0.242 e. The van der Waals surface area contributed by atoms with Crippen molar-refractivity contribution >= 4 is 5.91 Å². The van der Waals surface area contributed by atoms with Crippen LogP contribution in [0.15, 0.2) is 0 Å². The van der Waals surface area contributed by atoms with Crippen LogP contribution in [0, 0.1) is 5.92 Å². The van der Waals surface area contributed by atoms with E-state index in [4.69, 9.17) is 15.2 Å². The SMILES string of the molecule is CC1CN(CCC2CCN(C(=O)C3(N)CCOCC3)CC2)CC(C)O1. The molecule has 3 aliphatic heterocycles. The molecule has 25 heavy (non-hydrogen) atoms. The maximum atomic E-state index is 12.8. The number of nitrogens with zero attached hydrogens (tertiary/aromatic N) is 2. The summed E-state index contributed by atoms with van der Waals surface area (Å²) in [6, 6.07) is 0. The Bertz CT molecular complexity index is 435. The van der Waals surface area contributed by atoms with Crippen molar-refractivity contribution in [1.82, 2.24) is 9.80 Å². The molecule has 2 atom stereocenters. The van der Waals surface area contributed by atoms with Crippen molar-refractivity contribution in [2.45, 2.75) is 63.7 Å². The first-order valence-electron chi connectivity index (χ1n) is 10.00. The van der Waals surface area contributed by atoms with Gasteiger partial charge in [0.15, 0.2) is 0 Å². The second-order valence-corrected chi connectivity index (χ2v) is 8.31. The van der Waals surface area contributed by atoms with E-state index in [1.165, 1.54) is 6.42 Å². The van der Waals surface area contributed by atoms with Gasteiger partial charge in [-0.05, 0) is 58.4 Å². The lowest BCUT2D eigenvalue weighted by molar-refractivity contribution is -0.142. The summed E-state index contributed by atoms with van der Waals surface area (Å²) in [5.41, 5.74) is 5.67. The molecule has 3 saturated heterocycles. The molecule has 6 nitrogen and oxygen atoms in total. The molecule has 0 bridgehead atoms. The Kier molecular flexibility index (Phi) is 6.36. The summed E-state index contributed by atoms with van der Waals surface area (Å²) in [4.78, 5) is 17.3. The number of nitrogens with two attached hydrogens (primary N) is 1. The summed E-state index contributed by atoms with van der Waals surface area (Å²) in [6.07, 6.45) is 5.41. The van der Waals surface area contributed by atoms with Crippen LogP contribution >= 0.6 is 0 Å². The van der Waals surface area contributed by atoms with Crippen LogP contribution in [0.2, 0.25) is 0 Å². The van der Waals surface area contributed by atoms with E-state index < -0.39 is 5.54 Å². The highest BCUT2D eigenvalue weighted by Gasteiger charge is 2.39. The average Bonchev–Trinajstić information content (AvgIpc) is 2.60.